The molecule has 1 aliphatic rings. The van der Waals surface area contributed by atoms with E-state index in [4.69, 9.17) is 30.5 Å². The third-order valence-electron chi connectivity index (χ3n) is 4.55. The fourth-order valence-corrected chi connectivity index (χ4v) is 3.17. The smallest absolute Gasteiger partial charge is 0.255 e. The van der Waals surface area contributed by atoms with Crippen LogP contribution in [-0.4, -0.2) is 26.2 Å². The minimum atomic E-state index is -0.248. The van der Waals surface area contributed by atoms with Gasteiger partial charge in [-0.3, -0.25) is 4.79 Å². The molecule has 0 spiro atoms. The molecule has 0 saturated carbocycles. The fraction of sp³-hybridized carbons (Fsp3) is 0.174. The topological polar surface area (TPSA) is 66.0 Å². The van der Waals surface area contributed by atoms with Crippen LogP contribution in [-0.2, 0) is 6.61 Å². The number of anilines is 1. The van der Waals surface area contributed by atoms with E-state index in [-0.39, 0.29) is 12.5 Å². The molecular formula is C23H20ClNO5. The highest BCUT2D eigenvalue weighted by Crippen LogP contribution is 2.33. The number of halogens is 1. The first kappa shape index (κ1) is 19.9. The average Bonchev–Trinajstić information content (AvgIpc) is 2.78. The van der Waals surface area contributed by atoms with Gasteiger partial charge in [-0.25, -0.2) is 0 Å². The van der Waals surface area contributed by atoms with Crippen LogP contribution in [0.4, 0.5) is 5.69 Å². The third kappa shape index (κ3) is 4.60. The number of fused-ring (bicyclic) bond motifs is 1. The molecule has 0 atom stereocenters. The van der Waals surface area contributed by atoms with Crippen molar-refractivity contribution in [2.24, 2.45) is 0 Å². The van der Waals surface area contributed by atoms with Gasteiger partial charge in [0.2, 0.25) is 0 Å². The number of hydrogen-bond acceptors (Lipinski definition) is 5. The number of ether oxygens (including phenoxy) is 4. The van der Waals surface area contributed by atoms with Crippen molar-refractivity contribution >= 4 is 23.2 Å². The van der Waals surface area contributed by atoms with Crippen LogP contribution in [0.2, 0.25) is 5.02 Å². The lowest BCUT2D eigenvalue weighted by molar-refractivity contribution is 0.102. The van der Waals surface area contributed by atoms with Gasteiger partial charge in [-0.15, -0.1) is 0 Å². The monoisotopic (exact) mass is 425 g/mol. The minimum Gasteiger partial charge on any atom is -0.496 e. The highest BCUT2D eigenvalue weighted by atomic mass is 35.5. The molecule has 1 aliphatic heterocycles. The van der Waals surface area contributed by atoms with Gasteiger partial charge in [-0.1, -0.05) is 11.6 Å². The first-order valence-electron chi connectivity index (χ1n) is 9.38. The molecule has 7 heteroatoms. The molecule has 0 bridgehead atoms. The molecule has 154 valence electrons. The molecule has 30 heavy (non-hydrogen) atoms. The van der Waals surface area contributed by atoms with Gasteiger partial charge in [-0.2, -0.15) is 0 Å². The standard InChI is InChI=1S/C23H20ClNO5/c1-27-20-8-2-15(12-16(20)14-30-19-6-3-17(24)4-7-19)23(26)25-18-5-9-21-22(13-18)29-11-10-28-21/h2-9,12-13H,10-11,14H2,1H3,(H,25,26). The number of hydrogen-bond donors (Lipinski definition) is 1. The Bertz CT molecular complexity index is 1050. The van der Waals surface area contributed by atoms with Crippen LogP contribution in [0.25, 0.3) is 0 Å². The second-order valence-corrected chi connectivity index (χ2v) is 7.02. The van der Waals surface area contributed by atoms with E-state index >= 15 is 0 Å². The van der Waals surface area contributed by atoms with Gasteiger partial charge >= 0.3 is 0 Å². The SMILES string of the molecule is COc1ccc(C(=O)Nc2ccc3c(c2)OCCO3)cc1COc1ccc(Cl)cc1. The molecule has 0 saturated heterocycles. The molecule has 1 heterocycles. The second kappa shape index (κ2) is 8.97. The van der Waals surface area contributed by atoms with Gasteiger partial charge in [0.05, 0.1) is 7.11 Å². The molecule has 4 rings (SSSR count). The largest absolute Gasteiger partial charge is 0.496 e. The predicted octanol–water partition coefficient (Wildman–Crippen LogP) is 4.95. The zero-order chi connectivity index (χ0) is 20.9. The predicted molar refractivity (Wildman–Crippen MR) is 114 cm³/mol. The van der Waals surface area contributed by atoms with Gasteiger partial charge in [0, 0.05) is 27.9 Å². The normalized spacial score (nSPS) is 12.2. The van der Waals surface area contributed by atoms with Crippen LogP contribution in [0.1, 0.15) is 15.9 Å². The number of rotatable bonds is 6. The Hall–Kier alpha value is -3.38. The first-order chi connectivity index (χ1) is 14.6. The molecule has 1 amide bonds. The Balaban J connectivity index is 1.48. The molecule has 0 aliphatic carbocycles. The lowest BCUT2D eigenvalue weighted by Crippen LogP contribution is -2.16. The van der Waals surface area contributed by atoms with Crippen molar-refractivity contribution in [2.45, 2.75) is 6.61 Å². The summed E-state index contributed by atoms with van der Waals surface area (Å²) in [5, 5.41) is 3.52. The maximum atomic E-state index is 12.8. The van der Waals surface area contributed by atoms with E-state index in [1.54, 1.807) is 67.8 Å². The summed E-state index contributed by atoms with van der Waals surface area (Å²) in [5.41, 5.74) is 1.86. The molecule has 1 N–H and O–H groups in total. The quantitative estimate of drug-likeness (QED) is 0.605. The van der Waals surface area contributed by atoms with Crippen LogP contribution >= 0.6 is 11.6 Å². The maximum absolute atomic E-state index is 12.8. The Morgan fingerprint density at radius 1 is 1.00 bits per heavy atom. The summed E-state index contributed by atoms with van der Waals surface area (Å²) < 4.78 is 22.3. The molecule has 0 radical (unpaired) electrons. The Morgan fingerprint density at radius 2 is 1.77 bits per heavy atom. The van der Waals surface area contributed by atoms with Gasteiger partial charge < -0.3 is 24.3 Å². The van der Waals surface area contributed by atoms with Gasteiger partial charge in [-0.05, 0) is 54.6 Å². The number of benzene rings is 3. The van der Waals surface area contributed by atoms with Gasteiger partial charge in [0.1, 0.15) is 31.3 Å². The highest BCUT2D eigenvalue weighted by molar-refractivity contribution is 6.30. The van der Waals surface area contributed by atoms with Crippen molar-refractivity contribution in [3.8, 4) is 23.0 Å². The van der Waals surface area contributed by atoms with E-state index < -0.39 is 0 Å². The van der Waals surface area contributed by atoms with Crippen LogP contribution in [0.5, 0.6) is 23.0 Å². The highest BCUT2D eigenvalue weighted by Gasteiger charge is 2.15. The zero-order valence-electron chi connectivity index (χ0n) is 16.3. The number of carbonyl (C=O) groups excluding carboxylic acids is 1. The summed E-state index contributed by atoms with van der Waals surface area (Å²) in [5.74, 6) is 2.35. The molecule has 6 nitrogen and oxygen atoms in total. The van der Waals surface area contributed by atoms with Crippen molar-refractivity contribution in [3.05, 3.63) is 76.8 Å². The van der Waals surface area contributed by atoms with E-state index in [1.807, 2.05) is 0 Å². The molecule has 0 unspecified atom stereocenters. The lowest BCUT2D eigenvalue weighted by Gasteiger charge is -2.19. The van der Waals surface area contributed by atoms with E-state index in [1.165, 1.54) is 0 Å². The van der Waals surface area contributed by atoms with Crippen molar-refractivity contribution in [1.82, 2.24) is 0 Å². The summed E-state index contributed by atoms with van der Waals surface area (Å²) in [6, 6.07) is 17.6. The molecular weight excluding hydrogens is 406 g/mol. The molecule has 3 aromatic rings. The Morgan fingerprint density at radius 3 is 2.53 bits per heavy atom. The fourth-order valence-electron chi connectivity index (χ4n) is 3.05. The lowest BCUT2D eigenvalue weighted by atomic mass is 10.1. The van der Waals surface area contributed by atoms with Gasteiger partial charge in [0.25, 0.3) is 5.91 Å². The van der Waals surface area contributed by atoms with E-state index in [2.05, 4.69) is 5.32 Å². The van der Waals surface area contributed by atoms with E-state index in [0.29, 0.717) is 52.5 Å². The van der Waals surface area contributed by atoms with E-state index in [0.717, 1.165) is 5.56 Å². The summed E-state index contributed by atoms with van der Waals surface area (Å²) in [6.07, 6.45) is 0. The van der Waals surface area contributed by atoms with Crippen LogP contribution in [0.15, 0.2) is 60.7 Å². The number of carbonyl (C=O) groups is 1. The maximum Gasteiger partial charge on any atom is 0.255 e. The van der Waals surface area contributed by atoms with E-state index in [9.17, 15) is 4.79 Å². The summed E-state index contributed by atoms with van der Waals surface area (Å²) in [7, 11) is 1.58. The van der Waals surface area contributed by atoms with Crippen molar-refractivity contribution in [3.63, 3.8) is 0 Å². The summed E-state index contributed by atoms with van der Waals surface area (Å²) >= 11 is 5.90. The Kier molecular flexibility index (Phi) is 5.95. The minimum absolute atomic E-state index is 0.246. The number of amides is 1. The summed E-state index contributed by atoms with van der Waals surface area (Å²) in [4.78, 5) is 12.8. The van der Waals surface area contributed by atoms with Crippen LogP contribution < -0.4 is 24.3 Å². The first-order valence-corrected chi connectivity index (χ1v) is 9.76. The molecule has 3 aromatic carbocycles. The molecule has 0 fully saturated rings. The number of nitrogens with one attached hydrogen (secondary N) is 1. The van der Waals surface area contributed by atoms with Gasteiger partial charge in [0.15, 0.2) is 11.5 Å². The molecule has 0 aromatic heterocycles. The number of methoxy groups -OCH3 is 1. The zero-order valence-corrected chi connectivity index (χ0v) is 17.1. The summed E-state index contributed by atoms with van der Waals surface area (Å²) in [6.45, 7) is 1.25. The van der Waals surface area contributed by atoms with Crippen LogP contribution in [0.3, 0.4) is 0 Å². The van der Waals surface area contributed by atoms with Crippen LogP contribution in [0, 0.1) is 0 Å². The Labute approximate surface area is 179 Å². The van der Waals surface area contributed by atoms with Crippen molar-refractivity contribution < 1.29 is 23.7 Å². The third-order valence-corrected chi connectivity index (χ3v) is 4.80. The van der Waals surface area contributed by atoms with Crippen molar-refractivity contribution in [2.75, 3.05) is 25.6 Å². The van der Waals surface area contributed by atoms with Crippen molar-refractivity contribution in [1.29, 1.82) is 0 Å². The average molecular weight is 426 g/mol. The second-order valence-electron chi connectivity index (χ2n) is 6.58.